The average Bonchev–Trinajstić information content (AvgIpc) is 2.46. The Morgan fingerprint density at radius 1 is 1.20 bits per heavy atom. The third kappa shape index (κ3) is 2.86. The van der Waals surface area contributed by atoms with Crippen LogP contribution >= 0.6 is 0 Å². The van der Waals surface area contributed by atoms with Crippen molar-refractivity contribution in [1.82, 2.24) is 0 Å². The van der Waals surface area contributed by atoms with Crippen LogP contribution in [0, 0.1) is 0 Å². The number of carbonyl (C=O) groups is 1. The largest absolute Gasteiger partial charge is 0.416 e. The molecule has 0 unspecified atom stereocenters. The summed E-state index contributed by atoms with van der Waals surface area (Å²) in [4.78, 5) is 12.5. The number of carbonyl (C=O) groups excluding carboxylic acids is 1. The third-order valence-electron chi connectivity index (χ3n) is 3.58. The molecule has 1 aliphatic rings. The van der Waals surface area contributed by atoms with Crippen molar-refractivity contribution in [2.24, 2.45) is 0 Å². The number of ketones is 1. The van der Waals surface area contributed by atoms with E-state index in [0.29, 0.717) is 26.1 Å². The van der Waals surface area contributed by atoms with Crippen molar-refractivity contribution >= 4 is 5.78 Å². The lowest BCUT2D eigenvalue weighted by Gasteiger charge is -2.34. The topological polar surface area (TPSA) is 35.5 Å². The zero-order chi connectivity index (χ0) is 14.8. The minimum absolute atomic E-state index is 0.224. The summed E-state index contributed by atoms with van der Waals surface area (Å²) in [6.45, 7) is 0.806. The Hall–Kier alpha value is -1.40. The fourth-order valence-corrected chi connectivity index (χ4v) is 2.30. The van der Waals surface area contributed by atoms with E-state index in [1.165, 1.54) is 19.2 Å². The summed E-state index contributed by atoms with van der Waals surface area (Å²) in [5, 5.41) is 0. The van der Waals surface area contributed by atoms with Gasteiger partial charge in [0.1, 0.15) is 5.60 Å². The molecule has 3 nitrogen and oxygen atoms in total. The molecular formula is C14H15F3O3. The van der Waals surface area contributed by atoms with Gasteiger partial charge in [0.2, 0.25) is 0 Å². The van der Waals surface area contributed by atoms with Crippen LogP contribution in [-0.4, -0.2) is 31.7 Å². The molecule has 1 aromatic rings. The van der Waals surface area contributed by atoms with Gasteiger partial charge in [-0.2, -0.15) is 13.2 Å². The first-order valence-electron chi connectivity index (χ1n) is 6.24. The Balaban J connectivity index is 2.24. The molecule has 1 fully saturated rings. The van der Waals surface area contributed by atoms with Crippen molar-refractivity contribution in [3.05, 3.63) is 35.4 Å². The molecule has 0 aromatic heterocycles. The second kappa shape index (κ2) is 5.54. The quantitative estimate of drug-likeness (QED) is 0.802. The van der Waals surface area contributed by atoms with Gasteiger partial charge >= 0.3 is 6.18 Å². The van der Waals surface area contributed by atoms with Gasteiger partial charge in [0.05, 0.1) is 5.56 Å². The normalized spacial score (nSPS) is 18.8. The number of methoxy groups -OCH3 is 1. The molecule has 1 saturated heterocycles. The lowest BCUT2D eigenvalue weighted by atomic mass is 9.85. The monoisotopic (exact) mass is 288 g/mol. The van der Waals surface area contributed by atoms with Crippen molar-refractivity contribution in [2.75, 3.05) is 20.3 Å². The van der Waals surface area contributed by atoms with Crippen molar-refractivity contribution in [3.63, 3.8) is 0 Å². The SMILES string of the molecule is COC1(C(=O)c2ccc(C(F)(F)F)cc2)CCOCC1. The number of alkyl halides is 3. The van der Waals surface area contributed by atoms with Gasteiger partial charge in [-0.25, -0.2) is 0 Å². The van der Waals surface area contributed by atoms with Crippen LogP contribution in [0.4, 0.5) is 13.2 Å². The fraction of sp³-hybridized carbons (Fsp3) is 0.500. The lowest BCUT2D eigenvalue weighted by molar-refractivity contribution is -0.137. The predicted molar refractivity (Wildman–Crippen MR) is 65.6 cm³/mol. The molecule has 0 amide bonds. The summed E-state index contributed by atoms with van der Waals surface area (Å²) >= 11 is 0. The number of hydrogen-bond donors (Lipinski definition) is 0. The van der Waals surface area contributed by atoms with Crippen LogP contribution in [0.25, 0.3) is 0 Å². The van der Waals surface area contributed by atoms with E-state index in [1.807, 2.05) is 0 Å². The van der Waals surface area contributed by atoms with Gasteiger partial charge < -0.3 is 9.47 Å². The molecule has 0 N–H and O–H groups in total. The maximum absolute atomic E-state index is 12.5. The highest BCUT2D eigenvalue weighted by Gasteiger charge is 2.41. The molecule has 110 valence electrons. The standard InChI is InChI=1S/C14H15F3O3/c1-19-13(6-8-20-9-7-13)12(18)10-2-4-11(5-3-10)14(15,16)17/h2-5H,6-9H2,1H3. The first kappa shape index (κ1) is 15.0. The number of ether oxygens (including phenoxy) is 2. The number of benzene rings is 1. The average molecular weight is 288 g/mol. The summed E-state index contributed by atoms with van der Waals surface area (Å²) in [6.07, 6.45) is -3.59. The van der Waals surface area contributed by atoms with Crippen molar-refractivity contribution in [2.45, 2.75) is 24.6 Å². The molecule has 0 spiro atoms. The van der Waals surface area contributed by atoms with E-state index in [-0.39, 0.29) is 11.3 Å². The molecule has 0 saturated carbocycles. The van der Waals surface area contributed by atoms with Crippen LogP contribution in [0.2, 0.25) is 0 Å². The van der Waals surface area contributed by atoms with E-state index in [2.05, 4.69) is 0 Å². The Bertz CT molecular complexity index is 473. The second-order valence-corrected chi connectivity index (χ2v) is 4.72. The first-order valence-corrected chi connectivity index (χ1v) is 6.24. The van der Waals surface area contributed by atoms with Gasteiger partial charge in [-0.05, 0) is 12.1 Å². The van der Waals surface area contributed by atoms with Crippen LogP contribution in [0.1, 0.15) is 28.8 Å². The van der Waals surface area contributed by atoms with Crippen molar-refractivity contribution in [1.29, 1.82) is 0 Å². The number of rotatable bonds is 3. The third-order valence-corrected chi connectivity index (χ3v) is 3.58. The van der Waals surface area contributed by atoms with E-state index in [1.54, 1.807) is 0 Å². The number of Topliss-reactive ketones (excluding diaryl/α,β-unsaturated/α-hetero) is 1. The Morgan fingerprint density at radius 2 is 1.75 bits per heavy atom. The Kier molecular flexibility index (Phi) is 4.15. The van der Waals surface area contributed by atoms with Crippen LogP contribution in [0.5, 0.6) is 0 Å². The molecule has 20 heavy (non-hydrogen) atoms. The van der Waals surface area contributed by atoms with Gasteiger partial charge in [0, 0.05) is 38.7 Å². The zero-order valence-corrected chi connectivity index (χ0v) is 11.0. The van der Waals surface area contributed by atoms with E-state index >= 15 is 0 Å². The highest BCUT2D eigenvalue weighted by Crippen LogP contribution is 2.32. The molecule has 6 heteroatoms. The molecule has 0 atom stereocenters. The van der Waals surface area contributed by atoms with E-state index in [4.69, 9.17) is 9.47 Å². The first-order chi connectivity index (χ1) is 9.39. The highest BCUT2D eigenvalue weighted by molar-refractivity contribution is 6.02. The molecule has 0 aliphatic carbocycles. The molecular weight excluding hydrogens is 273 g/mol. The zero-order valence-electron chi connectivity index (χ0n) is 11.0. The predicted octanol–water partition coefficient (Wildman–Crippen LogP) is 3.08. The summed E-state index contributed by atoms with van der Waals surface area (Å²) in [5.41, 5.74) is -1.54. The molecule has 1 aromatic carbocycles. The summed E-state index contributed by atoms with van der Waals surface area (Å²) in [6, 6.07) is 4.22. The van der Waals surface area contributed by atoms with E-state index in [0.717, 1.165) is 12.1 Å². The Morgan fingerprint density at radius 3 is 2.20 bits per heavy atom. The van der Waals surface area contributed by atoms with Crippen molar-refractivity contribution < 1.29 is 27.4 Å². The summed E-state index contributed by atoms with van der Waals surface area (Å²) in [5.74, 6) is -0.294. The highest BCUT2D eigenvalue weighted by atomic mass is 19.4. The summed E-state index contributed by atoms with van der Waals surface area (Å²) < 4.78 is 48.0. The minimum Gasteiger partial charge on any atom is -0.381 e. The summed E-state index contributed by atoms with van der Waals surface area (Å²) in [7, 11) is 1.44. The number of hydrogen-bond acceptors (Lipinski definition) is 3. The van der Waals surface area contributed by atoms with E-state index < -0.39 is 17.3 Å². The number of halogens is 3. The van der Waals surface area contributed by atoms with Crippen LogP contribution in [-0.2, 0) is 15.7 Å². The van der Waals surface area contributed by atoms with Gasteiger partial charge in [-0.1, -0.05) is 12.1 Å². The molecule has 1 heterocycles. The smallest absolute Gasteiger partial charge is 0.381 e. The molecule has 0 radical (unpaired) electrons. The van der Waals surface area contributed by atoms with Gasteiger partial charge in [-0.3, -0.25) is 4.79 Å². The van der Waals surface area contributed by atoms with Gasteiger partial charge in [0.25, 0.3) is 0 Å². The van der Waals surface area contributed by atoms with Crippen LogP contribution in [0.15, 0.2) is 24.3 Å². The fourth-order valence-electron chi connectivity index (χ4n) is 2.30. The maximum Gasteiger partial charge on any atom is 0.416 e. The van der Waals surface area contributed by atoms with Crippen molar-refractivity contribution in [3.8, 4) is 0 Å². The maximum atomic E-state index is 12.5. The Labute approximate surface area is 114 Å². The molecule has 0 bridgehead atoms. The minimum atomic E-state index is -4.40. The molecule has 2 rings (SSSR count). The molecule has 1 aliphatic heterocycles. The second-order valence-electron chi connectivity index (χ2n) is 4.72. The van der Waals surface area contributed by atoms with Crippen LogP contribution < -0.4 is 0 Å². The lowest BCUT2D eigenvalue weighted by Crippen LogP contribution is -2.45. The van der Waals surface area contributed by atoms with Gasteiger partial charge in [0.15, 0.2) is 5.78 Å². The van der Waals surface area contributed by atoms with E-state index in [9.17, 15) is 18.0 Å². The van der Waals surface area contributed by atoms with Crippen LogP contribution in [0.3, 0.4) is 0 Å². The van der Waals surface area contributed by atoms with Gasteiger partial charge in [-0.15, -0.1) is 0 Å².